The quantitative estimate of drug-likeness (QED) is 0.550. The number of halogens is 1. The lowest BCUT2D eigenvalue weighted by Gasteiger charge is -2.19. The van der Waals surface area contributed by atoms with E-state index in [1.54, 1.807) is 0 Å². The van der Waals surface area contributed by atoms with Crippen LogP contribution in [0, 0.1) is 12.8 Å². The Kier molecular flexibility index (Phi) is 5.26. The molecule has 0 N–H and O–H groups in total. The molecule has 6 heteroatoms. The van der Waals surface area contributed by atoms with Crippen LogP contribution in [0.3, 0.4) is 0 Å². The number of hydrogen-bond acceptors (Lipinski definition) is 5. The molecule has 27 heavy (non-hydrogen) atoms. The van der Waals surface area contributed by atoms with Gasteiger partial charge in [-0.25, -0.2) is 4.98 Å². The summed E-state index contributed by atoms with van der Waals surface area (Å²) in [7, 11) is 0. The fourth-order valence-electron chi connectivity index (χ4n) is 3.69. The smallest absolute Gasteiger partial charge is 0.175 e. The number of carbonyl (C=O) groups is 2. The Morgan fingerprint density at radius 3 is 2.59 bits per heavy atom. The van der Waals surface area contributed by atoms with Crippen LogP contribution in [0.2, 0.25) is 5.02 Å². The minimum absolute atomic E-state index is 0.0469. The van der Waals surface area contributed by atoms with Crippen molar-refractivity contribution in [2.24, 2.45) is 5.92 Å². The molecule has 1 saturated heterocycles. The van der Waals surface area contributed by atoms with Crippen molar-refractivity contribution >= 4 is 34.5 Å². The lowest BCUT2D eigenvalue weighted by molar-refractivity contribution is -0.123. The van der Waals surface area contributed by atoms with E-state index in [1.807, 2.05) is 37.3 Å². The van der Waals surface area contributed by atoms with Crippen molar-refractivity contribution in [3.8, 4) is 10.6 Å². The van der Waals surface area contributed by atoms with Gasteiger partial charge in [0.25, 0.3) is 0 Å². The zero-order valence-corrected chi connectivity index (χ0v) is 16.6. The van der Waals surface area contributed by atoms with Gasteiger partial charge < -0.3 is 4.74 Å². The van der Waals surface area contributed by atoms with Crippen molar-refractivity contribution in [1.29, 1.82) is 0 Å². The first-order valence-corrected chi connectivity index (χ1v) is 10.3. The van der Waals surface area contributed by atoms with Gasteiger partial charge in [0.2, 0.25) is 0 Å². The van der Waals surface area contributed by atoms with Crippen LogP contribution in [0.25, 0.3) is 10.6 Å². The van der Waals surface area contributed by atoms with Crippen LogP contribution in [-0.2, 0) is 14.3 Å². The van der Waals surface area contributed by atoms with Crippen molar-refractivity contribution in [2.75, 3.05) is 13.2 Å². The third-order valence-corrected chi connectivity index (χ3v) is 6.45. The second-order valence-corrected chi connectivity index (χ2v) is 8.69. The van der Waals surface area contributed by atoms with Crippen LogP contribution in [0.1, 0.15) is 35.8 Å². The highest BCUT2D eigenvalue weighted by atomic mass is 35.5. The third kappa shape index (κ3) is 3.77. The first kappa shape index (κ1) is 18.5. The van der Waals surface area contributed by atoms with Gasteiger partial charge >= 0.3 is 0 Å². The zero-order chi connectivity index (χ0) is 19.0. The number of Topliss-reactive ketones (excluding diaryl/α,β-unsaturated/α-hetero) is 2. The first-order chi connectivity index (χ1) is 13.0. The van der Waals surface area contributed by atoms with Gasteiger partial charge in [-0.1, -0.05) is 29.8 Å². The molecule has 2 fully saturated rings. The van der Waals surface area contributed by atoms with Crippen molar-refractivity contribution in [2.45, 2.75) is 32.1 Å². The molecular weight excluding hydrogens is 382 g/mol. The lowest BCUT2D eigenvalue weighted by atomic mass is 9.95. The van der Waals surface area contributed by atoms with Gasteiger partial charge in [-0.2, -0.15) is 0 Å². The molecule has 1 aromatic heterocycles. The highest BCUT2D eigenvalue weighted by Crippen LogP contribution is 2.38. The van der Waals surface area contributed by atoms with Crippen molar-refractivity contribution in [1.82, 2.24) is 4.98 Å². The summed E-state index contributed by atoms with van der Waals surface area (Å²) in [6.07, 6.45) is 4.04. The van der Waals surface area contributed by atoms with Gasteiger partial charge in [-0.3, -0.25) is 9.59 Å². The average Bonchev–Trinajstić information content (AvgIpc) is 3.16. The molecule has 1 aliphatic carbocycles. The van der Waals surface area contributed by atoms with E-state index in [0.717, 1.165) is 41.5 Å². The molecule has 4 rings (SSSR count). The molecule has 2 aromatic rings. The van der Waals surface area contributed by atoms with Crippen LogP contribution in [0.4, 0.5) is 0 Å². The Morgan fingerprint density at radius 1 is 1.19 bits per heavy atom. The Labute approximate surface area is 167 Å². The Morgan fingerprint density at radius 2 is 1.89 bits per heavy atom. The molecule has 1 saturated carbocycles. The van der Waals surface area contributed by atoms with E-state index in [-0.39, 0.29) is 18.0 Å². The maximum absolute atomic E-state index is 13.0. The number of aromatic nitrogens is 1. The van der Waals surface area contributed by atoms with Crippen LogP contribution in [0.5, 0.6) is 0 Å². The van der Waals surface area contributed by atoms with Crippen LogP contribution in [-0.4, -0.2) is 29.8 Å². The van der Waals surface area contributed by atoms with Gasteiger partial charge in [0.1, 0.15) is 10.9 Å². The minimum Gasteiger partial charge on any atom is -0.381 e. The van der Waals surface area contributed by atoms with Crippen LogP contribution >= 0.6 is 22.9 Å². The van der Waals surface area contributed by atoms with E-state index in [9.17, 15) is 9.59 Å². The summed E-state index contributed by atoms with van der Waals surface area (Å²) in [6.45, 7) is 3.36. The number of ketones is 2. The Bertz CT molecular complexity index is 910. The van der Waals surface area contributed by atoms with E-state index in [2.05, 4.69) is 4.98 Å². The topological polar surface area (TPSA) is 56.3 Å². The van der Waals surface area contributed by atoms with E-state index in [1.165, 1.54) is 11.3 Å². The largest absolute Gasteiger partial charge is 0.381 e. The normalized spacial score (nSPS) is 22.7. The molecule has 0 amide bonds. The second kappa shape index (κ2) is 7.66. The fraction of sp³-hybridized carbons (Fsp3) is 0.381. The van der Waals surface area contributed by atoms with E-state index in [4.69, 9.17) is 16.3 Å². The number of allylic oxidation sites excluding steroid dienone is 2. The van der Waals surface area contributed by atoms with Crippen LogP contribution in [0.15, 0.2) is 35.9 Å². The molecule has 1 aromatic carbocycles. The van der Waals surface area contributed by atoms with E-state index < -0.39 is 5.92 Å². The number of hydrogen-bond donors (Lipinski definition) is 0. The van der Waals surface area contributed by atoms with E-state index >= 15 is 0 Å². The Balaban J connectivity index is 1.61. The maximum Gasteiger partial charge on any atom is 0.175 e. The molecular formula is C21H20ClNO3S. The predicted octanol–water partition coefficient (Wildman–Crippen LogP) is 4.75. The van der Waals surface area contributed by atoms with Crippen molar-refractivity contribution in [3.63, 3.8) is 0 Å². The predicted molar refractivity (Wildman–Crippen MR) is 106 cm³/mol. The number of carbonyl (C=O) groups excluding carboxylic acids is 2. The van der Waals surface area contributed by atoms with Gasteiger partial charge in [0.05, 0.1) is 5.69 Å². The molecule has 2 aliphatic rings. The highest BCUT2D eigenvalue weighted by molar-refractivity contribution is 7.15. The number of benzene rings is 1. The van der Waals surface area contributed by atoms with Gasteiger partial charge in [0, 0.05) is 35.1 Å². The summed E-state index contributed by atoms with van der Waals surface area (Å²) in [6, 6.07) is 7.43. The number of aryl methyl sites for hydroxylation is 1. The molecule has 2 heterocycles. The summed E-state index contributed by atoms with van der Waals surface area (Å²) in [5.74, 6) is -0.560. The summed E-state index contributed by atoms with van der Waals surface area (Å²) in [5, 5.41) is 1.47. The summed E-state index contributed by atoms with van der Waals surface area (Å²) in [4.78, 5) is 31.2. The molecule has 140 valence electrons. The molecule has 1 atom stereocenters. The minimum atomic E-state index is -0.756. The third-order valence-electron chi connectivity index (χ3n) is 5.17. The number of thiazole rings is 1. The molecule has 0 radical (unpaired) electrons. The van der Waals surface area contributed by atoms with Gasteiger partial charge in [-0.15, -0.1) is 11.3 Å². The number of rotatable bonds is 3. The summed E-state index contributed by atoms with van der Waals surface area (Å²) in [5.41, 5.74) is 2.20. The summed E-state index contributed by atoms with van der Waals surface area (Å²) >= 11 is 7.46. The standard InChI is InChI=1S/C21H20ClNO3S/c1-12-19(23-21(27-12)14-2-4-16(22)5-3-14)18-17(24)11-15(20(18)25)10-13-6-8-26-9-7-13/h2-5,10,13,18H,6-9,11H2,1H3. The Hall–Kier alpha value is -1.82. The van der Waals surface area contributed by atoms with Gasteiger partial charge in [-0.05, 0) is 43.4 Å². The van der Waals surface area contributed by atoms with Gasteiger partial charge in [0.15, 0.2) is 11.6 Å². The summed E-state index contributed by atoms with van der Waals surface area (Å²) < 4.78 is 5.37. The van der Waals surface area contributed by atoms with Crippen molar-refractivity contribution in [3.05, 3.63) is 51.5 Å². The monoisotopic (exact) mass is 401 g/mol. The lowest BCUT2D eigenvalue weighted by Crippen LogP contribution is -2.16. The number of nitrogens with zero attached hydrogens (tertiary/aromatic N) is 1. The fourth-order valence-corrected chi connectivity index (χ4v) is 4.77. The van der Waals surface area contributed by atoms with Crippen LogP contribution < -0.4 is 0 Å². The molecule has 1 aliphatic heterocycles. The molecule has 1 unspecified atom stereocenters. The van der Waals surface area contributed by atoms with E-state index in [0.29, 0.717) is 22.2 Å². The van der Waals surface area contributed by atoms with Crippen molar-refractivity contribution < 1.29 is 14.3 Å². The highest BCUT2D eigenvalue weighted by Gasteiger charge is 2.41. The average molecular weight is 402 g/mol. The molecule has 4 nitrogen and oxygen atoms in total. The second-order valence-electron chi connectivity index (χ2n) is 7.05. The maximum atomic E-state index is 13.0. The molecule has 0 bridgehead atoms. The molecule has 0 spiro atoms. The number of ether oxygens (including phenoxy) is 1. The zero-order valence-electron chi connectivity index (χ0n) is 15.0. The SMILES string of the molecule is Cc1sc(-c2ccc(Cl)cc2)nc1C1C(=O)CC(=CC2CCOCC2)C1=O. The first-order valence-electron chi connectivity index (χ1n) is 9.11.